The first-order valence-electron chi connectivity index (χ1n) is 9.77. The third-order valence-electron chi connectivity index (χ3n) is 5.34. The van der Waals surface area contributed by atoms with E-state index in [-0.39, 0.29) is 18.5 Å². The van der Waals surface area contributed by atoms with E-state index in [0.29, 0.717) is 0 Å². The lowest BCUT2D eigenvalue weighted by molar-refractivity contribution is -0.121. The summed E-state index contributed by atoms with van der Waals surface area (Å²) < 4.78 is 0. The zero-order valence-electron chi connectivity index (χ0n) is 15.8. The lowest BCUT2D eigenvalue weighted by atomic mass is 10.00. The van der Waals surface area contributed by atoms with E-state index >= 15 is 0 Å². The molecule has 1 fully saturated rings. The normalized spacial score (nSPS) is 16.5. The highest BCUT2D eigenvalue weighted by Gasteiger charge is 2.26. The fourth-order valence-corrected chi connectivity index (χ4v) is 3.84. The van der Waals surface area contributed by atoms with Crippen molar-refractivity contribution in [3.05, 3.63) is 66.7 Å². The first-order chi connectivity index (χ1) is 13.8. The Morgan fingerprint density at radius 2 is 1.82 bits per heavy atom. The van der Waals surface area contributed by atoms with Crippen LogP contribution in [0.2, 0.25) is 0 Å². The summed E-state index contributed by atoms with van der Waals surface area (Å²) in [6.07, 6.45) is 2.96. The average Bonchev–Trinajstić information content (AvgIpc) is 2.77. The van der Waals surface area contributed by atoms with Crippen molar-refractivity contribution in [2.75, 3.05) is 18.0 Å². The zero-order valence-corrected chi connectivity index (χ0v) is 15.8. The summed E-state index contributed by atoms with van der Waals surface area (Å²) in [7, 11) is 0. The van der Waals surface area contributed by atoms with Crippen molar-refractivity contribution in [2.24, 2.45) is 0 Å². The van der Waals surface area contributed by atoms with Crippen LogP contribution in [0.25, 0.3) is 21.9 Å². The fourth-order valence-electron chi connectivity index (χ4n) is 3.84. The van der Waals surface area contributed by atoms with Gasteiger partial charge >= 0.3 is 0 Å². The Balaban J connectivity index is 1.66. The Morgan fingerprint density at radius 3 is 2.61 bits per heavy atom. The summed E-state index contributed by atoms with van der Waals surface area (Å²) >= 11 is 0. The average molecular weight is 369 g/mol. The van der Waals surface area contributed by atoms with Crippen molar-refractivity contribution in [1.29, 1.82) is 5.26 Å². The number of hydrogen-bond donors (Lipinski definition) is 1. The van der Waals surface area contributed by atoms with Crippen LogP contribution < -0.4 is 10.2 Å². The molecule has 0 saturated carbocycles. The number of benzene rings is 3. The summed E-state index contributed by atoms with van der Waals surface area (Å²) in [5.41, 5.74) is 2.90. The number of amides is 1. The molecule has 1 unspecified atom stereocenters. The Bertz CT molecular complexity index is 1030. The molecule has 4 heteroatoms. The maximum atomic E-state index is 13.0. The van der Waals surface area contributed by atoms with Gasteiger partial charge in [-0.3, -0.25) is 9.69 Å². The van der Waals surface area contributed by atoms with E-state index in [1.54, 1.807) is 4.90 Å². The SMILES string of the molecule is N#CCN(C(=O)C1CCCCN1)c1cccc(-c2ccc3ccccc3c2)c1. The monoisotopic (exact) mass is 369 g/mol. The molecule has 0 bridgehead atoms. The summed E-state index contributed by atoms with van der Waals surface area (Å²) in [6.45, 7) is 0.909. The molecule has 1 saturated heterocycles. The van der Waals surface area contributed by atoms with E-state index in [2.05, 4.69) is 41.7 Å². The van der Waals surface area contributed by atoms with Crippen molar-refractivity contribution in [3.8, 4) is 17.2 Å². The van der Waals surface area contributed by atoms with E-state index in [9.17, 15) is 10.1 Å². The number of nitrogens with one attached hydrogen (secondary N) is 1. The molecule has 4 rings (SSSR count). The van der Waals surface area contributed by atoms with Gasteiger partial charge in [0.1, 0.15) is 6.54 Å². The number of carbonyl (C=O) groups excluding carboxylic acids is 1. The largest absolute Gasteiger partial charge is 0.306 e. The minimum absolute atomic E-state index is 0.0167. The number of piperidine rings is 1. The van der Waals surface area contributed by atoms with Crippen molar-refractivity contribution < 1.29 is 4.79 Å². The molecule has 0 radical (unpaired) electrons. The molecule has 28 heavy (non-hydrogen) atoms. The highest BCUT2D eigenvalue weighted by Crippen LogP contribution is 2.28. The molecule has 0 aliphatic carbocycles. The second-order valence-electron chi connectivity index (χ2n) is 7.20. The number of nitrogens with zero attached hydrogens (tertiary/aromatic N) is 2. The lowest BCUT2D eigenvalue weighted by Gasteiger charge is -2.29. The second kappa shape index (κ2) is 8.24. The van der Waals surface area contributed by atoms with Crippen LogP contribution in [0.15, 0.2) is 66.7 Å². The van der Waals surface area contributed by atoms with Crippen LogP contribution in [0.3, 0.4) is 0 Å². The second-order valence-corrected chi connectivity index (χ2v) is 7.20. The predicted octanol–water partition coefficient (Wildman–Crippen LogP) is 4.51. The predicted molar refractivity (Wildman–Crippen MR) is 113 cm³/mol. The minimum Gasteiger partial charge on any atom is -0.306 e. The van der Waals surface area contributed by atoms with Gasteiger partial charge in [-0.25, -0.2) is 0 Å². The van der Waals surface area contributed by atoms with E-state index < -0.39 is 0 Å². The summed E-state index contributed by atoms with van der Waals surface area (Å²) in [5, 5.41) is 15.0. The van der Waals surface area contributed by atoms with Gasteiger partial charge in [-0.05, 0) is 59.5 Å². The maximum absolute atomic E-state index is 13.0. The first kappa shape index (κ1) is 18.2. The van der Waals surface area contributed by atoms with Gasteiger partial charge < -0.3 is 5.32 Å². The van der Waals surface area contributed by atoms with Crippen molar-refractivity contribution >= 4 is 22.4 Å². The van der Waals surface area contributed by atoms with Crippen molar-refractivity contribution in [3.63, 3.8) is 0 Å². The highest BCUT2D eigenvalue weighted by molar-refractivity contribution is 5.98. The molecular weight excluding hydrogens is 346 g/mol. The Hall–Kier alpha value is -3.16. The molecule has 1 aliphatic rings. The topological polar surface area (TPSA) is 56.1 Å². The smallest absolute Gasteiger partial charge is 0.245 e. The zero-order chi connectivity index (χ0) is 19.3. The Labute approximate surface area is 165 Å². The van der Waals surface area contributed by atoms with Gasteiger partial charge in [0.15, 0.2) is 0 Å². The number of fused-ring (bicyclic) bond motifs is 1. The van der Waals surface area contributed by atoms with Crippen LogP contribution in [0.5, 0.6) is 0 Å². The van der Waals surface area contributed by atoms with Gasteiger partial charge in [0.2, 0.25) is 5.91 Å². The molecule has 1 heterocycles. The highest BCUT2D eigenvalue weighted by atomic mass is 16.2. The minimum atomic E-state index is -0.202. The molecule has 1 N–H and O–H groups in total. The fraction of sp³-hybridized carbons (Fsp3) is 0.250. The number of rotatable bonds is 4. The summed E-state index contributed by atoms with van der Waals surface area (Å²) in [4.78, 5) is 14.6. The maximum Gasteiger partial charge on any atom is 0.245 e. The molecule has 4 nitrogen and oxygen atoms in total. The van der Waals surface area contributed by atoms with Crippen molar-refractivity contribution in [2.45, 2.75) is 25.3 Å². The van der Waals surface area contributed by atoms with Crippen LogP contribution in [0.1, 0.15) is 19.3 Å². The van der Waals surface area contributed by atoms with Crippen LogP contribution >= 0.6 is 0 Å². The van der Waals surface area contributed by atoms with Gasteiger partial charge in [-0.1, -0.05) is 55.0 Å². The molecule has 3 aromatic carbocycles. The van der Waals surface area contributed by atoms with Gasteiger partial charge in [-0.2, -0.15) is 5.26 Å². The number of nitriles is 1. The van der Waals surface area contributed by atoms with E-state index in [4.69, 9.17) is 0 Å². The van der Waals surface area contributed by atoms with Gasteiger partial charge in [0, 0.05) is 5.69 Å². The van der Waals surface area contributed by atoms with E-state index in [1.807, 2.05) is 36.4 Å². The molecule has 1 aliphatic heterocycles. The van der Waals surface area contributed by atoms with Gasteiger partial charge in [0.05, 0.1) is 12.1 Å². The molecule has 1 atom stereocenters. The third-order valence-corrected chi connectivity index (χ3v) is 5.34. The molecule has 1 amide bonds. The van der Waals surface area contributed by atoms with Gasteiger partial charge in [0.25, 0.3) is 0 Å². The summed E-state index contributed by atoms with van der Waals surface area (Å²) in [6, 6.07) is 24.5. The standard InChI is InChI=1S/C24H23N3O/c25-13-15-27(24(28)23-10-3-4-14-26-23)22-9-5-8-20(17-22)21-12-11-18-6-1-2-7-19(18)16-21/h1-2,5-9,11-12,16-17,23,26H,3-4,10,14-15H2. The summed E-state index contributed by atoms with van der Waals surface area (Å²) in [5.74, 6) is -0.0167. The van der Waals surface area contributed by atoms with Gasteiger partial charge in [-0.15, -0.1) is 0 Å². The number of hydrogen-bond acceptors (Lipinski definition) is 3. The molecular formula is C24H23N3O. The van der Waals surface area contributed by atoms with E-state index in [0.717, 1.165) is 42.6 Å². The van der Waals surface area contributed by atoms with E-state index in [1.165, 1.54) is 10.8 Å². The number of carbonyl (C=O) groups is 1. The quantitative estimate of drug-likeness (QED) is 0.689. The first-order valence-corrected chi connectivity index (χ1v) is 9.77. The van der Waals surface area contributed by atoms with Crippen LogP contribution in [0, 0.1) is 11.3 Å². The third kappa shape index (κ3) is 3.76. The molecule has 3 aromatic rings. The van der Waals surface area contributed by atoms with Crippen molar-refractivity contribution in [1.82, 2.24) is 5.32 Å². The lowest BCUT2D eigenvalue weighted by Crippen LogP contribution is -2.49. The van der Waals surface area contributed by atoms with Crippen LogP contribution in [-0.2, 0) is 4.79 Å². The van der Waals surface area contributed by atoms with Crippen LogP contribution in [-0.4, -0.2) is 25.0 Å². The molecule has 140 valence electrons. The Morgan fingerprint density at radius 1 is 1.00 bits per heavy atom. The number of anilines is 1. The Kier molecular flexibility index (Phi) is 5.36. The van der Waals surface area contributed by atoms with Crippen LogP contribution in [0.4, 0.5) is 5.69 Å². The molecule has 0 aromatic heterocycles. The molecule has 0 spiro atoms.